The Bertz CT molecular complexity index is 741. The van der Waals surface area contributed by atoms with Crippen LogP contribution < -0.4 is 10.9 Å². The minimum atomic E-state index is -0.343. The van der Waals surface area contributed by atoms with Gasteiger partial charge in [-0.05, 0) is 19.8 Å². The van der Waals surface area contributed by atoms with Crippen LogP contribution in [0, 0.1) is 6.92 Å². The molecule has 2 aromatic heterocycles. The lowest BCUT2D eigenvalue weighted by Gasteiger charge is -2.11. The molecule has 2 heterocycles. The van der Waals surface area contributed by atoms with E-state index in [4.69, 9.17) is 0 Å². The third kappa shape index (κ3) is 2.53. The number of nitrogens with one attached hydrogen (secondary N) is 1. The Balaban J connectivity index is 1.84. The normalized spacial score (nSPS) is 15.7. The molecule has 8 nitrogen and oxygen atoms in total. The molecule has 1 saturated carbocycles. The number of hydrogen-bond acceptors (Lipinski definition) is 5. The van der Waals surface area contributed by atoms with Crippen molar-refractivity contribution in [1.82, 2.24) is 30.1 Å². The molecular formula is C13H18N6O2. The standard InChI is InChI=1S/C13H18N6O2/c1-8-11-12(18(2)16-8)13(21)19(17-15-11)7-10(20)14-9-5-3-4-6-9/h9H,3-7H2,1-2H3,(H,14,20). The van der Waals surface area contributed by atoms with Crippen molar-refractivity contribution in [1.29, 1.82) is 0 Å². The summed E-state index contributed by atoms with van der Waals surface area (Å²) in [6.07, 6.45) is 4.30. The van der Waals surface area contributed by atoms with Crippen LogP contribution >= 0.6 is 0 Å². The summed E-state index contributed by atoms with van der Waals surface area (Å²) in [6, 6.07) is 0.226. The minimum Gasteiger partial charge on any atom is -0.352 e. The van der Waals surface area contributed by atoms with Gasteiger partial charge in [0.2, 0.25) is 5.91 Å². The van der Waals surface area contributed by atoms with Crippen LogP contribution in [0.1, 0.15) is 31.4 Å². The van der Waals surface area contributed by atoms with Crippen LogP contribution in [0.3, 0.4) is 0 Å². The number of nitrogens with zero attached hydrogens (tertiary/aromatic N) is 5. The molecule has 0 radical (unpaired) electrons. The largest absolute Gasteiger partial charge is 0.352 e. The van der Waals surface area contributed by atoms with Crippen LogP contribution in [0.15, 0.2) is 4.79 Å². The summed E-state index contributed by atoms with van der Waals surface area (Å²) in [4.78, 5) is 24.3. The Morgan fingerprint density at radius 1 is 1.38 bits per heavy atom. The van der Waals surface area contributed by atoms with Gasteiger partial charge in [0, 0.05) is 13.1 Å². The van der Waals surface area contributed by atoms with Crippen molar-refractivity contribution in [2.75, 3.05) is 0 Å². The molecule has 0 bridgehead atoms. The maximum Gasteiger partial charge on any atom is 0.296 e. The van der Waals surface area contributed by atoms with E-state index in [1.165, 1.54) is 4.68 Å². The van der Waals surface area contributed by atoms with Crippen LogP contribution in [0.2, 0.25) is 0 Å². The van der Waals surface area contributed by atoms with Crippen LogP contribution in [0.5, 0.6) is 0 Å². The van der Waals surface area contributed by atoms with Gasteiger partial charge in [-0.15, -0.1) is 5.10 Å². The number of carbonyl (C=O) groups excluding carboxylic acids is 1. The summed E-state index contributed by atoms with van der Waals surface area (Å²) >= 11 is 0. The van der Waals surface area contributed by atoms with E-state index in [0.717, 1.165) is 30.4 Å². The number of fused-ring (bicyclic) bond motifs is 1. The summed E-state index contributed by atoms with van der Waals surface area (Å²) in [5.41, 5.74) is 1.16. The van der Waals surface area contributed by atoms with Crippen LogP contribution in [-0.2, 0) is 18.4 Å². The van der Waals surface area contributed by atoms with Gasteiger partial charge >= 0.3 is 0 Å². The average Bonchev–Trinajstić information content (AvgIpc) is 3.02. The lowest BCUT2D eigenvalue weighted by atomic mass is 10.2. The minimum absolute atomic E-state index is 0.109. The first kappa shape index (κ1) is 13.7. The fraction of sp³-hybridized carbons (Fsp3) is 0.615. The van der Waals surface area contributed by atoms with E-state index in [1.807, 2.05) is 0 Å². The molecule has 1 N–H and O–H groups in total. The van der Waals surface area contributed by atoms with Gasteiger partial charge in [-0.3, -0.25) is 14.3 Å². The van der Waals surface area contributed by atoms with Crippen molar-refractivity contribution in [2.45, 2.75) is 45.2 Å². The van der Waals surface area contributed by atoms with Crippen LogP contribution in [-0.4, -0.2) is 36.7 Å². The summed E-state index contributed by atoms with van der Waals surface area (Å²) in [7, 11) is 1.68. The topological polar surface area (TPSA) is 94.7 Å². The highest BCUT2D eigenvalue weighted by atomic mass is 16.2. The maximum atomic E-state index is 12.4. The molecule has 0 saturated heterocycles. The smallest absolute Gasteiger partial charge is 0.296 e. The third-order valence-corrected chi connectivity index (χ3v) is 3.89. The highest BCUT2D eigenvalue weighted by molar-refractivity contribution is 5.77. The molecule has 1 aliphatic carbocycles. The van der Waals surface area contributed by atoms with Crippen molar-refractivity contribution in [3.63, 3.8) is 0 Å². The number of amides is 1. The fourth-order valence-corrected chi connectivity index (χ4v) is 2.85. The predicted molar refractivity (Wildman–Crippen MR) is 75.7 cm³/mol. The Hall–Kier alpha value is -2.25. The second-order valence-electron chi connectivity index (χ2n) is 5.51. The first-order chi connectivity index (χ1) is 10.1. The van der Waals surface area contributed by atoms with Crippen LogP contribution in [0.25, 0.3) is 11.0 Å². The molecule has 21 heavy (non-hydrogen) atoms. The number of rotatable bonds is 3. The van der Waals surface area contributed by atoms with E-state index < -0.39 is 0 Å². The molecule has 0 atom stereocenters. The van der Waals surface area contributed by atoms with Gasteiger partial charge in [-0.1, -0.05) is 18.1 Å². The van der Waals surface area contributed by atoms with E-state index >= 15 is 0 Å². The Labute approximate surface area is 121 Å². The second-order valence-corrected chi connectivity index (χ2v) is 5.51. The summed E-state index contributed by atoms with van der Waals surface area (Å²) in [6.45, 7) is 1.66. The highest BCUT2D eigenvalue weighted by Gasteiger charge is 2.19. The molecule has 0 aliphatic heterocycles. The molecule has 0 aromatic carbocycles. The van der Waals surface area contributed by atoms with E-state index in [2.05, 4.69) is 20.7 Å². The SMILES string of the molecule is Cc1nn(C)c2c(=O)n(CC(=O)NC3CCCC3)nnc12. The van der Waals surface area contributed by atoms with E-state index in [9.17, 15) is 9.59 Å². The quantitative estimate of drug-likeness (QED) is 0.851. The van der Waals surface area contributed by atoms with E-state index in [-0.39, 0.29) is 24.1 Å². The van der Waals surface area contributed by atoms with Gasteiger partial charge < -0.3 is 5.32 Å². The zero-order chi connectivity index (χ0) is 15.0. The lowest BCUT2D eigenvalue weighted by Crippen LogP contribution is -2.38. The summed E-state index contributed by atoms with van der Waals surface area (Å²) in [5, 5.41) is 14.9. The second kappa shape index (κ2) is 5.27. The van der Waals surface area contributed by atoms with Gasteiger partial charge in [-0.25, -0.2) is 0 Å². The molecule has 0 unspecified atom stereocenters. The summed E-state index contributed by atoms with van der Waals surface area (Å²) < 4.78 is 2.57. The Morgan fingerprint density at radius 2 is 2.10 bits per heavy atom. The first-order valence-electron chi connectivity index (χ1n) is 7.12. The van der Waals surface area contributed by atoms with Crippen molar-refractivity contribution >= 4 is 16.9 Å². The van der Waals surface area contributed by atoms with Crippen molar-refractivity contribution in [3.8, 4) is 0 Å². The molecule has 112 valence electrons. The number of carbonyl (C=O) groups is 1. The summed E-state index contributed by atoms with van der Waals surface area (Å²) in [5.74, 6) is -0.198. The average molecular weight is 290 g/mol. The number of aryl methyl sites for hydroxylation is 2. The number of hydrogen-bond donors (Lipinski definition) is 1. The molecule has 1 fully saturated rings. The zero-order valence-corrected chi connectivity index (χ0v) is 12.2. The zero-order valence-electron chi connectivity index (χ0n) is 12.2. The monoisotopic (exact) mass is 290 g/mol. The Kier molecular flexibility index (Phi) is 3.44. The Morgan fingerprint density at radius 3 is 2.81 bits per heavy atom. The van der Waals surface area contributed by atoms with Gasteiger partial charge in [0.15, 0.2) is 5.52 Å². The molecule has 1 amide bonds. The molecule has 8 heteroatoms. The van der Waals surface area contributed by atoms with E-state index in [0.29, 0.717) is 16.7 Å². The third-order valence-electron chi connectivity index (χ3n) is 3.89. The predicted octanol–water partition coefficient (Wildman–Crippen LogP) is -0.108. The van der Waals surface area contributed by atoms with Gasteiger partial charge in [0.25, 0.3) is 5.56 Å². The molecule has 2 aromatic rings. The molecule has 1 aliphatic rings. The fourth-order valence-electron chi connectivity index (χ4n) is 2.85. The molecular weight excluding hydrogens is 272 g/mol. The van der Waals surface area contributed by atoms with E-state index in [1.54, 1.807) is 14.0 Å². The van der Waals surface area contributed by atoms with Crippen molar-refractivity contribution < 1.29 is 4.79 Å². The molecule has 0 spiro atoms. The first-order valence-corrected chi connectivity index (χ1v) is 7.12. The van der Waals surface area contributed by atoms with Gasteiger partial charge in [0.05, 0.1) is 5.69 Å². The lowest BCUT2D eigenvalue weighted by molar-refractivity contribution is -0.122. The van der Waals surface area contributed by atoms with Crippen molar-refractivity contribution in [2.24, 2.45) is 7.05 Å². The maximum absolute atomic E-state index is 12.4. The van der Waals surface area contributed by atoms with Gasteiger partial charge in [0.1, 0.15) is 12.1 Å². The number of aromatic nitrogens is 5. The van der Waals surface area contributed by atoms with Crippen molar-refractivity contribution in [3.05, 3.63) is 16.0 Å². The molecule has 3 rings (SSSR count). The van der Waals surface area contributed by atoms with Crippen LogP contribution in [0.4, 0.5) is 0 Å². The van der Waals surface area contributed by atoms with Gasteiger partial charge in [-0.2, -0.15) is 9.78 Å². The highest BCUT2D eigenvalue weighted by Crippen LogP contribution is 2.17.